The van der Waals surface area contributed by atoms with E-state index < -0.39 is 0 Å². The molecule has 0 N–H and O–H groups in total. The number of para-hydroxylation sites is 2. The molecule has 0 spiro atoms. The molecule has 0 radical (unpaired) electrons. The lowest BCUT2D eigenvalue weighted by Crippen LogP contribution is -2.07. The minimum Gasteiger partial charge on any atom is -0.494 e. The number of benzene rings is 2. The molecule has 1 aliphatic rings. The molecule has 29 heavy (non-hydrogen) atoms. The standard InChI is InChI=1S/C22H24N4O2S/c1-28-21-10-6-5-9-19(21)26-22(23-24-25-26)29-15-20(27)18-13-11-17(12-14-18)16-7-3-2-4-8-16/h5-6,9-14,16H,2-4,7-8,15H2,1H3. The van der Waals surface area contributed by atoms with Crippen molar-refractivity contribution in [3.63, 3.8) is 0 Å². The molecule has 6 nitrogen and oxygen atoms in total. The smallest absolute Gasteiger partial charge is 0.214 e. The molecule has 1 aliphatic carbocycles. The van der Waals surface area contributed by atoms with Crippen LogP contribution in [-0.4, -0.2) is 38.9 Å². The Balaban J connectivity index is 1.42. The van der Waals surface area contributed by atoms with Gasteiger partial charge in [-0.05, 0) is 46.9 Å². The Morgan fingerprint density at radius 3 is 2.62 bits per heavy atom. The number of Topliss-reactive ketones (excluding diaryl/α,β-unsaturated/α-hetero) is 1. The van der Waals surface area contributed by atoms with Crippen LogP contribution in [0.3, 0.4) is 0 Å². The van der Waals surface area contributed by atoms with Crippen LogP contribution in [0.15, 0.2) is 53.7 Å². The molecule has 0 saturated heterocycles. The Kier molecular flexibility index (Phi) is 6.24. The van der Waals surface area contributed by atoms with Crippen molar-refractivity contribution in [2.75, 3.05) is 12.9 Å². The number of ketones is 1. The number of rotatable bonds is 7. The number of aromatic nitrogens is 4. The van der Waals surface area contributed by atoms with Crippen molar-refractivity contribution in [3.8, 4) is 11.4 Å². The highest BCUT2D eigenvalue weighted by molar-refractivity contribution is 7.99. The molecule has 150 valence electrons. The number of nitrogens with zero attached hydrogens (tertiary/aromatic N) is 4. The molecule has 1 fully saturated rings. The quantitative estimate of drug-likeness (QED) is 0.417. The van der Waals surface area contributed by atoms with E-state index in [1.54, 1.807) is 11.8 Å². The summed E-state index contributed by atoms with van der Waals surface area (Å²) in [6, 6.07) is 15.7. The van der Waals surface area contributed by atoms with E-state index >= 15 is 0 Å². The van der Waals surface area contributed by atoms with Crippen LogP contribution in [0.2, 0.25) is 0 Å². The van der Waals surface area contributed by atoms with Gasteiger partial charge in [-0.25, -0.2) is 0 Å². The van der Waals surface area contributed by atoms with Crippen molar-refractivity contribution < 1.29 is 9.53 Å². The van der Waals surface area contributed by atoms with Crippen LogP contribution in [0.4, 0.5) is 0 Å². The number of hydrogen-bond acceptors (Lipinski definition) is 6. The molecule has 3 aromatic rings. The van der Waals surface area contributed by atoms with Gasteiger partial charge in [0.25, 0.3) is 0 Å². The number of ether oxygens (including phenoxy) is 1. The van der Waals surface area contributed by atoms with Gasteiger partial charge >= 0.3 is 0 Å². The molecule has 7 heteroatoms. The minimum atomic E-state index is 0.0692. The van der Waals surface area contributed by atoms with Gasteiger partial charge in [-0.1, -0.05) is 67.4 Å². The summed E-state index contributed by atoms with van der Waals surface area (Å²) in [5, 5.41) is 12.4. The number of carbonyl (C=O) groups is 1. The number of tetrazole rings is 1. The van der Waals surface area contributed by atoms with E-state index in [9.17, 15) is 4.79 Å². The summed E-state index contributed by atoms with van der Waals surface area (Å²) in [4.78, 5) is 12.7. The molecule has 2 aromatic carbocycles. The number of carbonyl (C=O) groups excluding carboxylic acids is 1. The van der Waals surface area contributed by atoms with Crippen LogP contribution in [-0.2, 0) is 0 Å². The zero-order valence-corrected chi connectivity index (χ0v) is 17.3. The Morgan fingerprint density at radius 2 is 1.86 bits per heavy atom. The Bertz CT molecular complexity index is 965. The average Bonchev–Trinajstić information content (AvgIpc) is 3.26. The summed E-state index contributed by atoms with van der Waals surface area (Å²) in [5.74, 6) is 1.66. The van der Waals surface area contributed by atoms with Gasteiger partial charge in [-0.15, -0.1) is 5.10 Å². The third kappa shape index (κ3) is 4.50. The van der Waals surface area contributed by atoms with Crippen molar-refractivity contribution >= 4 is 17.5 Å². The van der Waals surface area contributed by atoms with E-state index in [1.165, 1.54) is 49.4 Å². The summed E-state index contributed by atoms with van der Waals surface area (Å²) in [7, 11) is 1.61. The highest BCUT2D eigenvalue weighted by Gasteiger charge is 2.17. The fourth-order valence-corrected chi connectivity index (χ4v) is 4.59. The van der Waals surface area contributed by atoms with Gasteiger partial charge in [-0.3, -0.25) is 4.79 Å². The molecule has 4 rings (SSSR count). The lowest BCUT2D eigenvalue weighted by molar-refractivity contribution is 0.102. The van der Waals surface area contributed by atoms with Crippen molar-refractivity contribution in [2.45, 2.75) is 43.2 Å². The number of hydrogen-bond donors (Lipinski definition) is 0. The fourth-order valence-electron chi connectivity index (χ4n) is 3.82. The second kappa shape index (κ2) is 9.22. The monoisotopic (exact) mass is 408 g/mol. The maximum Gasteiger partial charge on any atom is 0.214 e. The SMILES string of the molecule is COc1ccccc1-n1nnnc1SCC(=O)c1ccc(C2CCCCC2)cc1. The Morgan fingerprint density at radius 1 is 1.10 bits per heavy atom. The largest absolute Gasteiger partial charge is 0.494 e. The van der Waals surface area contributed by atoms with Crippen LogP contribution in [0.25, 0.3) is 5.69 Å². The third-order valence-electron chi connectivity index (χ3n) is 5.40. The van der Waals surface area contributed by atoms with Gasteiger partial charge < -0.3 is 4.74 Å². The molecule has 1 saturated carbocycles. The minimum absolute atomic E-state index is 0.0692. The molecule has 0 bridgehead atoms. The van der Waals surface area contributed by atoms with Crippen LogP contribution >= 0.6 is 11.8 Å². The number of thioether (sulfide) groups is 1. The van der Waals surface area contributed by atoms with Crippen molar-refractivity contribution in [2.24, 2.45) is 0 Å². The van der Waals surface area contributed by atoms with Gasteiger partial charge in [0.05, 0.1) is 12.9 Å². The first-order valence-corrected chi connectivity index (χ1v) is 10.9. The second-order valence-corrected chi connectivity index (χ2v) is 8.16. The maximum atomic E-state index is 12.7. The highest BCUT2D eigenvalue weighted by atomic mass is 32.2. The summed E-state index contributed by atoms with van der Waals surface area (Å²) in [5.41, 5.74) is 2.83. The van der Waals surface area contributed by atoms with Crippen LogP contribution in [0, 0.1) is 0 Å². The van der Waals surface area contributed by atoms with Gasteiger partial charge in [0, 0.05) is 5.56 Å². The van der Waals surface area contributed by atoms with E-state index in [2.05, 4.69) is 27.7 Å². The Hall–Kier alpha value is -2.67. The lowest BCUT2D eigenvalue weighted by Gasteiger charge is -2.22. The first-order valence-electron chi connectivity index (χ1n) is 9.94. The zero-order chi connectivity index (χ0) is 20.1. The summed E-state index contributed by atoms with van der Waals surface area (Å²) >= 11 is 1.32. The Labute approximate surface area is 174 Å². The van der Waals surface area contributed by atoms with Gasteiger partial charge in [0.2, 0.25) is 5.16 Å². The van der Waals surface area contributed by atoms with E-state index in [4.69, 9.17) is 4.74 Å². The van der Waals surface area contributed by atoms with Crippen LogP contribution in [0.5, 0.6) is 5.75 Å². The fraction of sp³-hybridized carbons (Fsp3) is 0.364. The first-order chi connectivity index (χ1) is 14.3. The summed E-state index contributed by atoms with van der Waals surface area (Å²) < 4.78 is 6.99. The molecule has 0 atom stereocenters. The highest BCUT2D eigenvalue weighted by Crippen LogP contribution is 2.32. The van der Waals surface area contributed by atoms with Crippen LogP contribution < -0.4 is 4.74 Å². The van der Waals surface area contributed by atoms with Gasteiger partial charge in [0.1, 0.15) is 11.4 Å². The van der Waals surface area contributed by atoms with Crippen molar-refractivity contribution in [1.82, 2.24) is 20.2 Å². The van der Waals surface area contributed by atoms with E-state index in [0.717, 1.165) is 11.3 Å². The molecule has 0 aliphatic heterocycles. The van der Waals surface area contributed by atoms with Gasteiger partial charge in [-0.2, -0.15) is 4.68 Å². The van der Waals surface area contributed by atoms with Crippen molar-refractivity contribution in [1.29, 1.82) is 0 Å². The molecular formula is C22H24N4O2S. The third-order valence-corrected chi connectivity index (χ3v) is 6.32. The maximum absolute atomic E-state index is 12.7. The number of methoxy groups -OCH3 is 1. The topological polar surface area (TPSA) is 69.9 Å². The lowest BCUT2D eigenvalue weighted by atomic mass is 9.84. The summed E-state index contributed by atoms with van der Waals surface area (Å²) in [6.45, 7) is 0. The van der Waals surface area contributed by atoms with E-state index in [-0.39, 0.29) is 11.5 Å². The summed E-state index contributed by atoms with van der Waals surface area (Å²) in [6.07, 6.45) is 6.48. The normalized spacial score (nSPS) is 14.7. The molecular weight excluding hydrogens is 384 g/mol. The second-order valence-electron chi connectivity index (χ2n) is 7.21. The molecule has 1 aromatic heterocycles. The zero-order valence-electron chi connectivity index (χ0n) is 16.5. The van der Waals surface area contributed by atoms with Gasteiger partial charge in [0.15, 0.2) is 5.78 Å². The van der Waals surface area contributed by atoms with Crippen molar-refractivity contribution in [3.05, 3.63) is 59.7 Å². The molecule has 0 amide bonds. The first kappa shape index (κ1) is 19.6. The molecule has 0 unspecified atom stereocenters. The van der Waals surface area contributed by atoms with Crippen LogP contribution in [0.1, 0.15) is 53.9 Å². The average molecular weight is 409 g/mol. The van der Waals surface area contributed by atoms with E-state index in [1.807, 2.05) is 36.4 Å². The predicted octanol–water partition coefficient (Wildman–Crippen LogP) is 4.69. The van der Waals surface area contributed by atoms with E-state index in [0.29, 0.717) is 16.8 Å². The molecule has 1 heterocycles. The predicted molar refractivity (Wildman–Crippen MR) is 113 cm³/mol.